The first kappa shape index (κ1) is 8.14. The van der Waals surface area contributed by atoms with Crippen molar-refractivity contribution < 1.29 is 0 Å². The fourth-order valence-electron chi connectivity index (χ4n) is 0.801. The van der Waals surface area contributed by atoms with Crippen LogP contribution < -0.4 is 5.32 Å². The SMILES string of the molecule is CC(=S)NC1=CN=CC=CC1. The van der Waals surface area contributed by atoms with Crippen molar-refractivity contribution in [3.8, 4) is 0 Å². The van der Waals surface area contributed by atoms with Crippen molar-refractivity contribution in [2.24, 2.45) is 4.99 Å². The molecule has 0 unspecified atom stereocenters. The van der Waals surface area contributed by atoms with Gasteiger partial charge in [0, 0.05) is 24.5 Å². The standard InChI is InChI=1S/C8H10N2S/c1-7(11)10-8-4-2-3-5-9-6-8/h2-3,5-6H,4H2,1H3,(H,10,11). The van der Waals surface area contributed by atoms with Gasteiger partial charge in [-0.25, -0.2) is 0 Å². The van der Waals surface area contributed by atoms with Gasteiger partial charge in [-0.1, -0.05) is 18.3 Å². The van der Waals surface area contributed by atoms with Crippen molar-refractivity contribution in [2.75, 3.05) is 0 Å². The minimum absolute atomic E-state index is 0.779. The molecule has 0 atom stereocenters. The van der Waals surface area contributed by atoms with Gasteiger partial charge in [-0.2, -0.15) is 0 Å². The lowest BCUT2D eigenvalue weighted by molar-refractivity contribution is 1.04. The molecular weight excluding hydrogens is 156 g/mol. The van der Waals surface area contributed by atoms with Gasteiger partial charge in [0.05, 0.1) is 4.99 Å². The molecule has 0 aliphatic carbocycles. The molecule has 1 heterocycles. The van der Waals surface area contributed by atoms with Crippen molar-refractivity contribution in [3.63, 3.8) is 0 Å². The van der Waals surface area contributed by atoms with Gasteiger partial charge < -0.3 is 5.32 Å². The zero-order chi connectivity index (χ0) is 8.10. The molecule has 1 rings (SSSR count). The van der Waals surface area contributed by atoms with E-state index in [2.05, 4.69) is 10.3 Å². The Balaban J connectivity index is 2.57. The summed E-state index contributed by atoms with van der Waals surface area (Å²) < 4.78 is 0. The van der Waals surface area contributed by atoms with E-state index in [9.17, 15) is 0 Å². The molecule has 0 saturated heterocycles. The van der Waals surface area contributed by atoms with Gasteiger partial charge in [0.15, 0.2) is 0 Å². The van der Waals surface area contributed by atoms with Crippen molar-refractivity contribution in [3.05, 3.63) is 24.0 Å². The van der Waals surface area contributed by atoms with E-state index in [1.54, 1.807) is 12.4 Å². The molecule has 1 N–H and O–H groups in total. The zero-order valence-electron chi connectivity index (χ0n) is 6.37. The van der Waals surface area contributed by atoms with E-state index in [0.29, 0.717) is 0 Å². The molecule has 0 aromatic rings. The quantitative estimate of drug-likeness (QED) is 0.601. The average Bonchev–Trinajstić information content (AvgIpc) is 2.14. The molecule has 0 spiro atoms. The minimum Gasteiger partial charge on any atom is -0.352 e. The molecule has 58 valence electrons. The molecular formula is C8H10N2S. The van der Waals surface area contributed by atoms with Crippen LogP contribution in [-0.4, -0.2) is 11.2 Å². The van der Waals surface area contributed by atoms with Gasteiger partial charge in [0.1, 0.15) is 0 Å². The highest BCUT2D eigenvalue weighted by atomic mass is 32.1. The Morgan fingerprint density at radius 2 is 2.55 bits per heavy atom. The van der Waals surface area contributed by atoms with Crippen molar-refractivity contribution in [1.29, 1.82) is 0 Å². The lowest BCUT2D eigenvalue weighted by atomic mass is 10.3. The summed E-state index contributed by atoms with van der Waals surface area (Å²) in [5.41, 5.74) is 1.04. The maximum atomic E-state index is 4.89. The van der Waals surface area contributed by atoms with Crippen LogP contribution in [0.2, 0.25) is 0 Å². The minimum atomic E-state index is 0.779. The van der Waals surface area contributed by atoms with E-state index in [4.69, 9.17) is 12.2 Å². The van der Waals surface area contributed by atoms with Crippen LogP contribution in [0.15, 0.2) is 29.0 Å². The normalized spacial score (nSPS) is 15.5. The molecule has 0 aromatic carbocycles. The fourth-order valence-corrected chi connectivity index (χ4v) is 0.932. The molecule has 0 aromatic heterocycles. The van der Waals surface area contributed by atoms with Crippen LogP contribution in [0.4, 0.5) is 0 Å². The molecule has 0 bridgehead atoms. The lowest BCUT2D eigenvalue weighted by Crippen LogP contribution is -2.16. The molecule has 0 amide bonds. The summed E-state index contributed by atoms with van der Waals surface area (Å²) in [4.78, 5) is 4.79. The average molecular weight is 166 g/mol. The van der Waals surface area contributed by atoms with Crippen LogP contribution in [0.1, 0.15) is 13.3 Å². The largest absolute Gasteiger partial charge is 0.352 e. The zero-order valence-corrected chi connectivity index (χ0v) is 7.19. The van der Waals surface area contributed by atoms with E-state index >= 15 is 0 Å². The van der Waals surface area contributed by atoms with E-state index in [1.165, 1.54) is 0 Å². The van der Waals surface area contributed by atoms with Crippen LogP contribution in [0.5, 0.6) is 0 Å². The summed E-state index contributed by atoms with van der Waals surface area (Å²) in [7, 11) is 0. The van der Waals surface area contributed by atoms with Crippen LogP contribution in [0.25, 0.3) is 0 Å². The molecule has 3 heteroatoms. The van der Waals surface area contributed by atoms with E-state index in [0.717, 1.165) is 17.1 Å². The second-order valence-corrected chi connectivity index (χ2v) is 2.88. The molecule has 1 aliphatic heterocycles. The summed E-state index contributed by atoms with van der Waals surface area (Å²) in [6.45, 7) is 1.86. The second kappa shape index (κ2) is 4.03. The number of nitrogens with zero attached hydrogens (tertiary/aromatic N) is 1. The van der Waals surface area contributed by atoms with Crippen LogP contribution >= 0.6 is 12.2 Å². The summed E-state index contributed by atoms with van der Waals surface area (Å²) in [5, 5.41) is 3.05. The van der Waals surface area contributed by atoms with E-state index in [1.807, 2.05) is 19.1 Å². The molecule has 2 nitrogen and oxygen atoms in total. The first-order valence-electron chi connectivity index (χ1n) is 3.44. The smallest absolute Gasteiger partial charge is 0.0763 e. The fraction of sp³-hybridized carbons (Fsp3) is 0.250. The summed E-state index contributed by atoms with van der Waals surface area (Å²) in [6, 6.07) is 0. The second-order valence-electron chi connectivity index (χ2n) is 2.27. The Morgan fingerprint density at radius 1 is 1.73 bits per heavy atom. The number of rotatable bonds is 1. The van der Waals surface area contributed by atoms with E-state index in [-0.39, 0.29) is 0 Å². The predicted molar refractivity (Wildman–Crippen MR) is 51.7 cm³/mol. The van der Waals surface area contributed by atoms with Crippen LogP contribution in [-0.2, 0) is 0 Å². The maximum absolute atomic E-state index is 4.89. The van der Waals surface area contributed by atoms with Crippen molar-refractivity contribution in [1.82, 2.24) is 5.32 Å². The first-order chi connectivity index (χ1) is 5.29. The highest BCUT2D eigenvalue weighted by molar-refractivity contribution is 7.80. The van der Waals surface area contributed by atoms with Gasteiger partial charge in [-0.3, -0.25) is 4.99 Å². The third-order valence-corrected chi connectivity index (χ3v) is 1.32. The molecule has 0 saturated carbocycles. The predicted octanol–water partition coefficient (Wildman–Crippen LogP) is 1.80. The highest BCUT2D eigenvalue weighted by Crippen LogP contribution is 2.01. The van der Waals surface area contributed by atoms with Crippen molar-refractivity contribution >= 4 is 23.4 Å². The third-order valence-electron chi connectivity index (χ3n) is 1.21. The van der Waals surface area contributed by atoms with Crippen LogP contribution in [0, 0.1) is 0 Å². The monoisotopic (exact) mass is 166 g/mol. The van der Waals surface area contributed by atoms with E-state index < -0.39 is 0 Å². The Hall–Kier alpha value is -0.960. The van der Waals surface area contributed by atoms with Crippen molar-refractivity contribution in [2.45, 2.75) is 13.3 Å². The Bertz CT molecular complexity index is 238. The van der Waals surface area contributed by atoms with Crippen LogP contribution in [0.3, 0.4) is 0 Å². The Labute approximate surface area is 71.7 Å². The number of hydrogen-bond donors (Lipinski definition) is 1. The molecule has 0 radical (unpaired) electrons. The molecule has 0 fully saturated rings. The topological polar surface area (TPSA) is 24.4 Å². The van der Waals surface area contributed by atoms with Gasteiger partial charge in [-0.15, -0.1) is 0 Å². The van der Waals surface area contributed by atoms with Gasteiger partial charge in [0.2, 0.25) is 0 Å². The number of hydrogen-bond acceptors (Lipinski definition) is 2. The summed E-state index contributed by atoms with van der Waals surface area (Å²) >= 11 is 4.89. The van der Waals surface area contributed by atoms with Gasteiger partial charge >= 0.3 is 0 Å². The number of aliphatic imine (C=N–C) groups is 1. The third kappa shape index (κ3) is 3.09. The van der Waals surface area contributed by atoms with Gasteiger partial charge in [-0.05, 0) is 13.0 Å². The lowest BCUT2D eigenvalue weighted by Gasteiger charge is -2.03. The maximum Gasteiger partial charge on any atom is 0.0763 e. The van der Waals surface area contributed by atoms with Gasteiger partial charge in [0.25, 0.3) is 0 Å². The summed E-state index contributed by atoms with van der Waals surface area (Å²) in [5.74, 6) is 0. The number of allylic oxidation sites excluding steroid dienone is 2. The Morgan fingerprint density at radius 3 is 3.27 bits per heavy atom. The Kier molecular flexibility index (Phi) is 2.98. The molecule has 11 heavy (non-hydrogen) atoms. The highest BCUT2D eigenvalue weighted by Gasteiger charge is 1.94. The number of thiocarbonyl (C=S) groups is 1. The number of nitrogens with one attached hydrogen (secondary N) is 1. The first-order valence-corrected chi connectivity index (χ1v) is 3.85. The molecule has 1 aliphatic rings. The summed E-state index contributed by atoms with van der Waals surface area (Å²) in [6.07, 6.45) is 8.37.